The fourth-order valence-corrected chi connectivity index (χ4v) is 3.24. The molecule has 0 saturated heterocycles. The normalized spacial score (nSPS) is 14.3. The molecule has 0 atom stereocenters. The molecular formula is C21H21ClN2O3. The van der Waals surface area contributed by atoms with Gasteiger partial charge in [-0.3, -0.25) is 14.5 Å². The summed E-state index contributed by atoms with van der Waals surface area (Å²) in [5.74, 6) is -0.616. The van der Waals surface area contributed by atoms with Gasteiger partial charge in [-0.2, -0.15) is 0 Å². The molecule has 0 unspecified atom stereocenters. The van der Waals surface area contributed by atoms with Crippen molar-refractivity contribution in [1.29, 1.82) is 0 Å². The van der Waals surface area contributed by atoms with Gasteiger partial charge in [0.2, 0.25) is 0 Å². The molecule has 3 rings (SSSR count). The molecule has 1 aliphatic rings. The molecule has 1 heterocycles. The average Bonchev–Trinajstić information content (AvgIpc) is 2.92. The third-order valence-electron chi connectivity index (χ3n) is 4.44. The van der Waals surface area contributed by atoms with E-state index in [1.54, 1.807) is 31.4 Å². The summed E-state index contributed by atoms with van der Waals surface area (Å²) < 4.78 is 5.05. The first-order valence-corrected chi connectivity index (χ1v) is 9.01. The van der Waals surface area contributed by atoms with Crippen LogP contribution in [0.5, 0.6) is 0 Å². The smallest absolute Gasteiger partial charge is 0.277 e. The lowest BCUT2D eigenvalue weighted by Gasteiger charge is -2.21. The molecule has 0 fully saturated rings. The average molecular weight is 385 g/mol. The molecular weight excluding hydrogens is 364 g/mol. The number of ether oxygens (including phenoxy) is 1. The van der Waals surface area contributed by atoms with Gasteiger partial charge in [-0.15, -0.1) is 0 Å². The van der Waals surface area contributed by atoms with Gasteiger partial charge >= 0.3 is 0 Å². The van der Waals surface area contributed by atoms with Crippen molar-refractivity contribution in [3.8, 4) is 0 Å². The maximum atomic E-state index is 13.0. The Balaban J connectivity index is 2.00. The minimum Gasteiger partial charge on any atom is -0.383 e. The number of hydrogen-bond acceptors (Lipinski definition) is 4. The zero-order chi connectivity index (χ0) is 19.4. The lowest BCUT2D eigenvalue weighted by atomic mass is 10.0. The second-order valence-corrected chi connectivity index (χ2v) is 6.76. The van der Waals surface area contributed by atoms with E-state index in [9.17, 15) is 9.59 Å². The Bertz CT molecular complexity index is 863. The Morgan fingerprint density at radius 1 is 1.00 bits per heavy atom. The van der Waals surface area contributed by atoms with Gasteiger partial charge in [-0.25, -0.2) is 0 Å². The van der Waals surface area contributed by atoms with E-state index in [4.69, 9.17) is 16.3 Å². The number of carbonyl (C=O) groups excluding carboxylic acids is 2. The highest BCUT2D eigenvalue weighted by Crippen LogP contribution is 2.32. The van der Waals surface area contributed by atoms with E-state index in [2.05, 4.69) is 0 Å². The number of methoxy groups -OCH3 is 1. The van der Waals surface area contributed by atoms with Crippen LogP contribution in [0.15, 0.2) is 60.3 Å². The van der Waals surface area contributed by atoms with Gasteiger partial charge in [0.1, 0.15) is 5.70 Å². The molecule has 2 aromatic carbocycles. The number of carbonyl (C=O) groups is 2. The van der Waals surface area contributed by atoms with E-state index in [0.717, 1.165) is 5.56 Å². The predicted octanol–water partition coefficient (Wildman–Crippen LogP) is 3.20. The van der Waals surface area contributed by atoms with Gasteiger partial charge in [-0.05, 0) is 23.3 Å². The number of amides is 2. The standard InChI is InChI=1S/C21H21ClN2O3/c1-23(14-15-6-4-3-5-7-15)19-18(16-8-10-17(22)11-9-16)20(25)24(21(19)26)12-13-27-2/h3-11H,12-14H2,1-2H3. The van der Waals surface area contributed by atoms with E-state index in [0.29, 0.717) is 35.0 Å². The number of likely N-dealkylation sites (N-methyl/N-ethyl adjacent to an activating group) is 1. The molecule has 0 spiro atoms. The third-order valence-corrected chi connectivity index (χ3v) is 4.69. The van der Waals surface area contributed by atoms with Crippen LogP contribution in [0.4, 0.5) is 0 Å². The summed E-state index contributed by atoms with van der Waals surface area (Å²) in [6.45, 7) is 1.03. The summed E-state index contributed by atoms with van der Waals surface area (Å²) >= 11 is 5.98. The van der Waals surface area contributed by atoms with Crippen molar-refractivity contribution in [2.24, 2.45) is 0 Å². The maximum Gasteiger partial charge on any atom is 0.277 e. The molecule has 0 aromatic heterocycles. The van der Waals surface area contributed by atoms with Crippen LogP contribution >= 0.6 is 11.6 Å². The first-order chi connectivity index (χ1) is 13.0. The monoisotopic (exact) mass is 384 g/mol. The topological polar surface area (TPSA) is 49.9 Å². The predicted molar refractivity (Wildman–Crippen MR) is 105 cm³/mol. The van der Waals surface area contributed by atoms with Crippen molar-refractivity contribution in [2.75, 3.05) is 27.3 Å². The molecule has 2 amide bonds. The molecule has 1 aliphatic heterocycles. The summed E-state index contributed by atoms with van der Waals surface area (Å²) in [4.78, 5) is 29.1. The van der Waals surface area contributed by atoms with Crippen LogP contribution in [-0.2, 0) is 20.9 Å². The van der Waals surface area contributed by atoms with Crippen molar-refractivity contribution < 1.29 is 14.3 Å². The molecule has 0 radical (unpaired) electrons. The van der Waals surface area contributed by atoms with Gasteiger partial charge in [0.25, 0.3) is 11.8 Å². The zero-order valence-corrected chi connectivity index (χ0v) is 16.1. The van der Waals surface area contributed by atoms with Crippen molar-refractivity contribution in [3.63, 3.8) is 0 Å². The highest BCUT2D eigenvalue weighted by molar-refractivity contribution is 6.36. The van der Waals surface area contributed by atoms with Crippen molar-refractivity contribution >= 4 is 29.0 Å². The van der Waals surface area contributed by atoms with E-state index >= 15 is 0 Å². The van der Waals surface area contributed by atoms with Crippen LogP contribution in [0, 0.1) is 0 Å². The van der Waals surface area contributed by atoms with Crippen LogP contribution in [0.1, 0.15) is 11.1 Å². The van der Waals surface area contributed by atoms with Crippen LogP contribution in [0.25, 0.3) is 5.57 Å². The molecule has 2 aromatic rings. The number of nitrogens with zero attached hydrogens (tertiary/aromatic N) is 2. The quantitative estimate of drug-likeness (QED) is 0.688. The Kier molecular flexibility index (Phi) is 5.94. The zero-order valence-electron chi connectivity index (χ0n) is 15.3. The number of halogens is 1. The van der Waals surface area contributed by atoms with Gasteiger partial charge in [0.15, 0.2) is 0 Å². The molecule has 140 valence electrons. The van der Waals surface area contributed by atoms with Crippen LogP contribution < -0.4 is 0 Å². The van der Waals surface area contributed by atoms with Crippen LogP contribution in [-0.4, -0.2) is 48.9 Å². The molecule has 6 heteroatoms. The molecule has 0 saturated carbocycles. The molecule has 0 N–H and O–H groups in total. The van der Waals surface area contributed by atoms with E-state index in [1.807, 2.05) is 42.3 Å². The van der Waals surface area contributed by atoms with E-state index in [1.165, 1.54) is 4.90 Å². The summed E-state index contributed by atoms with van der Waals surface area (Å²) in [6, 6.07) is 16.8. The van der Waals surface area contributed by atoms with Crippen molar-refractivity contribution in [2.45, 2.75) is 6.54 Å². The number of rotatable bonds is 7. The molecule has 27 heavy (non-hydrogen) atoms. The van der Waals surface area contributed by atoms with Gasteiger partial charge < -0.3 is 9.64 Å². The fraction of sp³-hybridized carbons (Fsp3) is 0.238. The summed E-state index contributed by atoms with van der Waals surface area (Å²) in [6.07, 6.45) is 0. The molecule has 0 aliphatic carbocycles. The van der Waals surface area contributed by atoms with E-state index in [-0.39, 0.29) is 18.4 Å². The maximum absolute atomic E-state index is 13.0. The first-order valence-electron chi connectivity index (χ1n) is 8.63. The minimum absolute atomic E-state index is 0.216. The Hall–Kier alpha value is -2.63. The van der Waals surface area contributed by atoms with Crippen molar-refractivity contribution in [3.05, 3.63) is 76.4 Å². The van der Waals surface area contributed by atoms with Gasteiger partial charge in [0, 0.05) is 25.7 Å². The number of benzene rings is 2. The van der Waals surface area contributed by atoms with Gasteiger partial charge in [-0.1, -0.05) is 54.1 Å². The molecule has 5 nitrogen and oxygen atoms in total. The number of imide groups is 1. The Labute approximate surface area is 163 Å². The third kappa shape index (κ3) is 4.04. The minimum atomic E-state index is -0.311. The largest absolute Gasteiger partial charge is 0.383 e. The SMILES string of the molecule is COCCN1C(=O)C(c2ccc(Cl)cc2)=C(N(C)Cc2ccccc2)C1=O. The fourth-order valence-electron chi connectivity index (χ4n) is 3.12. The second-order valence-electron chi connectivity index (χ2n) is 6.33. The summed E-state index contributed by atoms with van der Waals surface area (Å²) in [7, 11) is 3.37. The molecule has 0 bridgehead atoms. The van der Waals surface area contributed by atoms with Crippen LogP contribution in [0.3, 0.4) is 0 Å². The lowest BCUT2D eigenvalue weighted by molar-refractivity contribution is -0.138. The highest BCUT2D eigenvalue weighted by atomic mass is 35.5. The lowest BCUT2D eigenvalue weighted by Crippen LogP contribution is -2.36. The van der Waals surface area contributed by atoms with Crippen molar-refractivity contribution in [1.82, 2.24) is 9.80 Å². The van der Waals surface area contributed by atoms with Crippen LogP contribution in [0.2, 0.25) is 5.02 Å². The highest BCUT2D eigenvalue weighted by Gasteiger charge is 2.40. The second kappa shape index (κ2) is 8.37. The summed E-state index contributed by atoms with van der Waals surface area (Å²) in [5, 5.41) is 0.576. The Morgan fingerprint density at radius 2 is 1.67 bits per heavy atom. The first kappa shape index (κ1) is 19.1. The summed E-state index contributed by atoms with van der Waals surface area (Å²) in [5.41, 5.74) is 2.51. The van der Waals surface area contributed by atoms with E-state index < -0.39 is 0 Å². The number of hydrogen-bond donors (Lipinski definition) is 0. The Morgan fingerprint density at radius 3 is 2.30 bits per heavy atom. The van der Waals surface area contributed by atoms with Gasteiger partial charge in [0.05, 0.1) is 18.7 Å².